The second-order valence-electron chi connectivity index (χ2n) is 6.82. The van der Waals surface area contributed by atoms with Crippen LogP contribution in [0, 0.1) is 19.8 Å². The Kier molecular flexibility index (Phi) is 5.50. The SMILES string of the molecule is Cc1ccc(C)c(N(C)C(=O)C2CCCN(S(=O)(=O)c3cccs3)C2)c1. The number of sulfonamides is 1. The Hall–Kier alpha value is -1.70. The summed E-state index contributed by atoms with van der Waals surface area (Å²) < 4.78 is 27.3. The van der Waals surface area contributed by atoms with Gasteiger partial charge < -0.3 is 4.90 Å². The maximum Gasteiger partial charge on any atom is 0.252 e. The molecule has 3 rings (SSSR count). The van der Waals surface area contributed by atoms with Crippen LogP contribution in [0.2, 0.25) is 0 Å². The Balaban J connectivity index is 1.79. The fourth-order valence-corrected chi connectivity index (χ4v) is 6.04. The number of nitrogens with zero attached hydrogens (tertiary/aromatic N) is 2. The minimum Gasteiger partial charge on any atom is -0.315 e. The quantitative estimate of drug-likeness (QED) is 0.801. The molecule has 0 N–H and O–H groups in total. The number of carbonyl (C=O) groups excluding carboxylic acids is 1. The predicted octanol–water partition coefficient (Wildman–Crippen LogP) is 3.43. The molecule has 0 bridgehead atoms. The van der Waals surface area contributed by atoms with Crippen LogP contribution in [0.1, 0.15) is 24.0 Å². The molecule has 1 aromatic carbocycles. The van der Waals surface area contributed by atoms with Gasteiger partial charge in [0.25, 0.3) is 10.0 Å². The Labute approximate surface area is 159 Å². The molecule has 5 nitrogen and oxygen atoms in total. The van der Waals surface area contributed by atoms with Crippen molar-refractivity contribution in [1.29, 1.82) is 0 Å². The highest BCUT2D eigenvalue weighted by Crippen LogP contribution is 2.29. The fourth-order valence-electron chi connectivity index (χ4n) is 3.37. The van der Waals surface area contributed by atoms with E-state index in [2.05, 4.69) is 0 Å². The van der Waals surface area contributed by atoms with E-state index in [0.717, 1.165) is 16.8 Å². The van der Waals surface area contributed by atoms with E-state index in [9.17, 15) is 13.2 Å². The zero-order chi connectivity index (χ0) is 18.9. The molecule has 1 aliphatic heterocycles. The number of thiophene rings is 1. The topological polar surface area (TPSA) is 57.7 Å². The molecule has 0 spiro atoms. The summed E-state index contributed by atoms with van der Waals surface area (Å²) in [6.07, 6.45) is 1.41. The van der Waals surface area contributed by atoms with Crippen LogP contribution in [0.3, 0.4) is 0 Å². The maximum atomic E-state index is 13.0. The van der Waals surface area contributed by atoms with Crippen LogP contribution < -0.4 is 4.90 Å². The zero-order valence-corrected chi connectivity index (χ0v) is 16.9. The van der Waals surface area contributed by atoms with E-state index in [1.807, 2.05) is 32.0 Å². The standard InChI is InChI=1S/C19H24N2O3S2/c1-14-8-9-15(2)17(12-14)20(3)19(22)16-6-4-10-21(13-16)26(23,24)18-7-5-11-25-18/h5,7-9,11-12,16H,4,6,10,13H2,1-3H3. The summed E-state index contributed by atoms with van der Waals surface area (Å²) in [6, 6.07) is 9.37. The number of hydrogen-bond acceptors (Lipinski definition) is 4. The first kappa shape index (κ1) is 19.1. The largest absolute Gasteiger partial charge is 0.315 e. The van der Waals surface area contributed by atoms with E-state index in [-0.39, 0.29) is 18.4 Å². The molecule has 1 amide bonds. The first-order valence-corrected chi connectivity index (χ1v) is 11.0. The van der Waals surface area contributed by atoms with Gasteiger partial charge in [-0.2, -0.15) is 4.31 Å². The van der Waals surface area contributed by atoms with Crippen LogP contribution in [-0.2, 0) is 14.8 Å². The summed E-state index contributed by atoms with van der Waals surface area (Å²) in [5.41, 5.74) is 3.01. The number of piperidine rings is 1. The molecule has 1 aromatic heterocycles. The molecule has 1 atom stereocenters. The smallest absolute Gasteiger partial charge is 0.252 e. The number of carbonyl (C=O) groups is 1. The summed E-state index contributed by atoms with van der Waals surface area (Å²) >= 11 is 1.21. The first-order chi connectivity index (χ1) is 12.3. The van der Waals surface area contributed by atoms with E-state index in [0.29, 0.717) is 23.6 Å². The van der Waals surface area contributed by atoms with Crippen molar-refractivity contribution in [2.75, 3.05) is 25.0 Å². The molecule has 1 saturated heterocycles. The number of rotatable bonds is 4. The predicted molar refractivity (Wildman–Crippen MR) is 105 cm³/mol. The van der Waals surface area contributed by atoms with Crippen molar-refractivity contribution in [1.82, 2.24) is 4.31 Å². The summed E-state index contributed by atoms with van der Waals surface area (Å²) in [6.45, 7) is 4.69. The fraction of sp³-hybridized carbons (Fsp3) is 0.421. The lowest BCUT2D eigenvalue weighted by Gasteiger charge is -2.33. The number of benzene rings is 1. The second kappa shape index (κ2) is 7.50. The van der Waals surface area contributed by atoms with E-state index >= 15 is 0 Å². The monoisotopic (exact) mass is 392 g/mol. The Morgan fingerprint density at radius 2 is 2.04 bits per heavy atom. The van der Waals surface area contributed by atoms with Gasteiger partial charge in [-0.1, -0.05) is 18.2 Å². The van der Waals surface area contributed by atoms with E-state index < -0.39 is 10.0 Å². The van der Waals surface area contributed by atoms with Crippen molar-refractivity contribution in [3.63, 3.8) is 0 Å². The number of aryl methyl sites for hydroxylation is 2. The van der Waals surface area contributed by atoms with Gasteiger partial charge in [-0.15, -0.1) is 11.3 Å². The van der Waals surface area contributed by atoms with E-state index in [1.54, 1.807) is 29.5 Å². The second-order valence-corrected chi connectivity index (χ2v) is 9.93. The van der Waals surface area contributed by atoms with Crippen LogP contribution in [0.15, 0.2) is 39.9 Å². The first-order valence-electron chi connectivity index (χ1n) is 8.69. The van der Waals surface area contributed by atoms with Gasteiger partial charge >= 0.3 is 0 Å². The van der Waals surface area contributed by atoms with Crippen molar-refractivity contribution in [2.24, 2.45) is 5.92 Å². The van der Waals surface area contributed by atoms with Gasteiger partial charge in [-0.3, -0.25) is 4.79 Å². The summed E-state index contributed by atoms with van der Waals surface area (Å²) in [4.78, 5) is 14.7. The van der Waals surface area contributed by atoms with Crippen LogP contribution in [-0.4, -0.2) is 38.8 Å². The van der Waals surface area contributed by atoms with Gasteiger partial charge in [0.15, 0.2) is 0 Å². The molecule has 0 radical (unpaired) electrons. The summed E-state index contributed by atoms with van der Waals surface area (Å²) in [7, 11) is -1.73. The van der Waals surface area contributed by atoms with Crippen molar-refractivity contribution in [2.45, 2.75) is 30.9 Å². The molecular weight excluding hydrogens is 368 g/mol. The highest BCUT2D eigenvalue weighted by Gasteiger charge is 2.35. The lowest BCUT2D eigenvalue weighted by Crippen LogP contribution is -2.45. The molecule has 2 heterocycles. The van der Waals surface area contributed by atoms with Crippen LogP contribution in [0.4, 0.5) is 5.69 Å². The minimum atomic E-state index is -3.51. The van der Waals surface area contributed by atoms with Gasteiger partial charge in [0.1, 0.15) is 4.21 Å². The van der Waals surface area contributed by atoms with E-state index in [1.165, 1.54) is 15.6 Å². The third-order valence-electron chi connectivity index (χ3n) is 4.88. The van der Waals surface area contributed by atoms with Gasteiger partial charge in [0.2, 0.25) is 5.91 Å². The molecule has 7 heteroatoms. The number of hydrogen-bond donors (Lipinski definition) is 0. The van der Waals surface area contributed by atoms with Crippen molar-refractivity contribution < 1.29 is 13.2 Å². The number of anilines is 1. The molecule has 0 aliphatic carbocycles. The normalized spacial score (nSPS) is 18.7. The van der Waals surface area contributed by atoms with Crippen LogP contribution >= 0.6 is 11.3 Å². The van der Waals surface area contributed by atoms with Gasteiger partial charge in [-0.25, -0.2) is 8.42 Å². The molecule has 0 saturated carbocycles. The third kappa shape index (κ3) is 3.70. The molecule has 1 aliphatic rings. The summed E-state index contributed by atoms with van der Waals surface area (Å²) in [5, 5.41) is 1.76. The van der Waals surface area contributed by atoms with E-state index in [4.69, 9.17) is 0 Å². The lowest BCUT2D eigenvalue weighted by atomic mass is 9.97. The zero-order valence-electron chi connectivity index (χ0n) is 15.3. The molecular formula is C19H24N2O3S2. The summed E-state index contributed by atoms with van der Waals surface area (Å²) in [5.74, 6) is -0.340. The Morgan fingerprint density at radius 1 is 1.27 bits per heavy atom. The molecule has 1 fully saturated rings. The maximum absolute atomic E-state index is 13.0. The minimum absolute atomic E-state index is 0.0234. The van der Waals surface area contributed by atoms with Gasteiger partial charge in [0, 0.05) is 25.8 Å². The van der Waals surface area contributed by atoms with Crippen molar-refractivity contribution in [3.05, 3.63) is 46.8 Å². The average molecular weight is 393 g/mol. The van der Waals surface area contributed by atoms with Crippen molar-refractivity contribution >= 4 is 33.0 Å². The highest BCUT2D eigenvalue weighted by atomic mass is 32.2. The van der Waals surface area contributed by atoms with Gasteiger partial charge in [-0.05, 0) is 55.3 Å². The molecule has 1 unspecified atom stereocenters. The van der Waals surface area contributed by atoms with Gasteiger partial charge in [0.05, 0.1) is 5.92 Å². The highest BCUT2D eigenvalue weighted by molar-refractivity contribution is 7.91. The van der Waals surface area contributed by atoms with Crippen LogP contribution in [0.5, 0.6) is 0 Å². The Morgan fingerprint density at radius 3 is 2.73 bits per heavy atom. The molecule has 2 aromatic rings. The lowest BCUT2D eigenvalue weighted by molar-refractivity contribution is -0.123. The Bertz CT molecular complexity index is 892. The molecule has 140 valence electrons. The van der Waals surface area contributed by atoms with Crippen molar-refractivity contribution in [3.8, 4) is 0 Å². The van der Waals surface area contributed by atoms with Crippen LogP contribution in [0.25, 0.3) is 0 Å². The molecule has 26 heavy (non-hydrogen) atoms. The third-order valence-corrected chi connectivity index (χ3v) is 8.12. The average Bonchev–Trinajstić information content (AvgIpc) is 3.18. The number of amides is 1.